The van der Waals surface area contributed by atoms with Crippen molar-refractivity contribution in [1.29, 1.82) is 0 Å². The summed E-state index contributed by atoms with van der Waals surface area (Å²) >= 11 is 0. The van der Waals surface area contributed by atoms with Gasteiger partial charge in [0.05, 0.1) is 11.4 Å². The molecule has 8 heteroatoms. The maximum absolute atomic E-state index is 13.7. The number of pyridine rings is 1. The van der Waals surface area contributed by atoms with Crippen LogP contribution in [0, 0.1) is 11.6 Å². The van der Waals surface area contributed by atoms with Crippen LogP contribution in [0.2, 0.25) is 0 Å². The van der Waals surface area contributed by atoms with Gasteiger partial charge < -0.3 is 5.32 Å². The van der Waals surface area contributed by atoms with Gasteiger partial charge >= 0.3 is 0 Å². The molecule has 0 spiro atoms. The third-order valence-corrected chi connectivity index (χ3v) is 4.37. The fraction of sp³-hybridized carbons (Fsp3) is 0.278. The third-order valence-electron chi connectivity index (χ3n) is 4.37. The van der Waals surface area contributed by atoms with Gasteiger partial charge in [0.25, 0.3) is 0 Å². The zero-order valence-corrected chi connectivity index (χ0v) is 14.1. The Kier molecular flexibility index (Phi) is 4.68. The van der Waals surface area contributed by atoms with Crippen LogP contribution in [-0.2, 0) is 6.54 Å². The first-order valence-electron chi connectivity index (χ1n) is 8.45. The summed E-state index contributed by atoms with van der Waals surface area (Å²) < 4.78 is 28.9. The SMILES string of the molecule is Fc1cc(F)cc(-n2nnc(CN3CCNCC3)c2-c2ccncc2)c1. The first kappa shape index (κ1) is 16.7. The van der Waals surface area contributed by atoms with Crippen molar-refractivity contribution < 1.29 is 8.78 Å². The van der Waals surface area contributed by atoms with E-state index in [1.165, 1.54) is 16.8 Å². The average Bonchev–Trinajstić information content (AvgIpc) is 3.06. The number of nitrogens with zero attached hydrogens (tertiary/aromatic N) is 5. The molecule has 3 heterocycles. The molecule has 1 saturated heterocycles. The zero-order chi connectivity index (χ0) is 17.9. The molecule has 1 fully saturated rings. The van der Waals surface area contributed by atoms with Crippen molar-refractivity contribution in [3.8, 4) is 16.9 Å². The van der Waals surface area contributed by atoms with Crippen LogP contribution in [0.25, 0.3) is 16.9 Å². The molecular formula is C18H18F2N6. The molecule has 0 aliphatic carbocycles. The van der Waals surface area contributed by atoms with Crippen molar-refractivity contribution in [2.24, 2.45) is 0 Å². The number of hydrogen-bond acceptors (Lipinski definition) is 5. The maximum Gasteiger partial charge on any atom is 0.128 e. The van der Waals surface area contributed by atoms with Crippen molar-refractivity contribution >= 4 is 0 Å². The first-order valence-corrected chi connectivity index (χ1v) is 8.45. The molecule has 6 nitrogen and oxygen atoms in total. The number of nitrogens with one attached hydrogen (secondary N) is 1. The molecule has 4 rings (SSSR count). The van der Waals surface area contributed by atoms with Crippen molar-refractivity contribution in [3.63, 3.8) is 0 Å². The molecule has 26 heavy (non-hydrogen) atoms. The monoisotopic (exact) mass is 356 g/mol. The minimum Gasteiger partial charge on any atom is -0.314 e. The van der Waals surface area contributed by atoms with Crippen LogP contribution in [0.4, 0.5) is 8.78 Å². The van der Waals surface area contributed by atoms with Gasteiger partial charge in [-0.05, 0) is 24.3 Å². The third kappa shape index (κ3) is 3.47. The molecule has 0 radical (unpaired) electrons. The minimum atomic E-state index is -0.653. The molecule has 0 saturated carbocycles. The summed E-state index contributed by atoms with van der Waals surface area (Å²) in [5.74, 6) is -1.31. The Hall–Kier alpha value is -2.71. The lowest BCUT2D eigenvalue weighted by Gasteiger charge is -2.26. The molecule has 1 aromatic carbocycles. The number of benzene rings is 1. The molecule has 1 aliphatic heterocycles. The summed E-state index contributed by atoms with van der Waals surface area (Å²) in [5.41, 5.74) is 2.63. The second kappa shape index (κ2) is 7.27. The Morgan fingerprint density at radius 3 is 2.38 bits per heavy atom. The van der Waals surface area contributed by atoms with E-state index in [9.17, 15) is 8.78 Å². The number of rotatable bonds is 4. The highest BCUT2D eigenvalue weighted by Gasteiger charge is 2.20. The lowest BCUT2D eigenvalue weighted by molar-refractivity contribution is 0.231. The fourth-order valence-corrected chi connectivity index (χ4v) is 3.14. The van der Waals surface area contributed by atoms with Gasteiger partial charge in [-0.15, -0.1) is 5.10 Å². The Morgan fingerprint density at radius 1 is 1.00 bits per heavy atom. The van der Waals surface area contributed by atoms with Gasteiger partial charge in [0.2, 0.25) is 0 Å². The van der Waals surface area contributed by atoms with Gasteiger partial charge in [-0.25, -0.2) is 13.5 Å². The molecule has 0 bridgehead atoms. The summed E-state index contributed by atoms with van der Waals surface area (Å²) in [6.45, 7) is 4.30. The Morgan fingerprint density at radius 2 is 1.69 bits per heavy atom. The van der Waals surface area contributed by atoms with E-state index in [1.807, 2.05) is 12.1 Å². The summed E-state index contributed by atoms with van der Waals surface area (Å²) in [6, 6.07) is 7.01. The van der Waals surface area contributed by atoms with Crippen LogP contribution in [0.5, 0.6) is 0 Å². The Balaban J connectivity index is 1.79. The summed E-state index contributed by atoms with van der Waals surface area (Å²) in [4.78, 5) is 6.32. The van der Waals surface area contributed by atoms with E-state index in [4.69, 9.17) is 0 Å². The smallest absolute Gasteiger partial charge is 0.128 e. The second-order valence-electron chi connectivity index (χ2n) is 6.19. The van der Waals surface area contributed by atoms with E-state index in [0.717, 1.165) is 49.2 Å². The van der Waals surface area contributed by atoms with Crippen LogP contribution < -0.4 is 5.32 Å². The highest BCUT2D eigenvalue weighted by Crippen LogP contribution is 2.26. The van der Waals surface area contributed by atoms with Crippen molar-refractivity contribution in [1.82, 2.24) is 30.2 Å². The summed E-state index contributed by atoms with van der Waals surface area (Å²) in [7, 11) is 0. The number of hydrogen-bond donors (Lipinski definition) is 1. The lowest BCUT2D eigenvalue weighted by atomic mass is 10.1. The van der Waals surface area contributed by atoms with Gasteiger partial charge in [-0.3, -0.25) is 9.88 Å². The van der Waals surface area contributed by atoms with E-state index < -0.39 is 11.6 Å². The standard InChI is InChI=1S/C18H18F2N6/c19-14-9-15(20)11-16(10-14)26-18(13-1-3-21-4-2-13)17(23-24-26)12-25-7-5-22-6-8-25/h1-4,9-11,22H,5-8,12H2. The topological polar surface area (TPSA) is 58.9 Å². The van der Waals surface area contributed by atoms with Gasteiger partial charge in [0, 0.05) is 56.7 Å². The van der Waals surface area contributed by atoms with Crippen LogP contribution in [0.1, 0.15) is 5.69 Å². The Bertz CT molecular complexity index is 870. The molecule has 1 aliphatic rings. The van der Waals surface area contributed by atoms with Crippen LogP contribution in [0.3, 0.4) is 0 Å². The predicted octanol–water partition coefficient (Wildman–Crippen LogP) is 2.01. The molecule has 0 unspecified atom stereocenters. The molecule has 3 aromatic rings. The minimum absolute atomic E-state index is 0.299. The second-order valence-corrected chi connectivity index (χ2v) is 6.19. The first-order chi connectivity index (χ1) is 12.7. The zero-order valence-electron chi connectivity index (χ0n) is 14.1. The maximum atomic E-state index is 13.7. The number of halogens is 2. The highest BCUT2D eigenvalue weighted by atomic mass is 19.1. The predicted molar refractivity (Wildman–Crippen MR) is 92.7 cm³/mol. The van der Waals surface area contributed by atoms with E-state index in [-0.39, 0.29) is 0 Å². The number of aromatic nitrogens is 4. The van der Waals surface area contributed by atoms with Crippen LogP contribution in [0.15, 0.2) is 42.7 Å². The summed E-state index contributed by atoms with van der Waals surface area (Å²) in [6.07, 6.45) is 3.35. The molecular weight excluding hydrogens is 338 g/mol. The van der Waals surface area contributed by atoms with E-state index in [1.54, 1.807) is 12.4 Å². The van der Waals surface area contributed by atoms with Crippen LogP contribution in [-0.4, -0.2) is 51.1 Å². The lowest BCUT2D eigenvalue weighted by Crippen LogP contribution is -2.43. The highest BCUT2D eigenvalue weighted by molar-refractivity contribution is 5.63. The van der Waals surface area contributed by atoms with Gasteiger partial charge in [-0.2, -0.15) is 0 Å². The van der Waals surface area contributed by atoms with Crippen LogP contribution >= 0.6 is 0 Å². The molecule has 0 amide bonds. The average molecular weight is 356 g/mol. The van der Waals surface area contributed by atoms with Gasteiger partial charge in [0.15, 0.2) is 0 Å². The fourth-order valence-electron chi connectivity index (χ4n) is 3.14. The van der Waals surface area contributed by atoms with E-state index >= 15 is 0 Å². The normalized spacial score (nSPS) is 15.3. The largest absolute Gasteiger partial charge is 0.314 e. The van der Waals surface area contributed by atoms with Crippen molar-refractivity contribution in [2.45, 2.75) is 6.54 Å². The van der Waals surface area contributed by atoms with Gasteiger partial charge in [0.1, 0.15) is 17.3 Å². The van der Waals surface area contributed by atoms with Gasteiger partial charge in [-0.1, -0.05) is 5.21 Å². The Labute approximate surface area is 149 Å². The van der Waals surface area contributed by atoms with Crippen molar-refractivity contribution in [3.05, 3.63) is 60.1 Å². The molecule has 1 N–H and O–H groups in total. The quantitative estimate of drug-likeness (QED) is 0.775. The molecule has 0 atom stereocenters. The number of piperazine rings is 1. The van der Waals surface area contributed by atoms with E-state index in [0.29, 0.717) is 12.2 Å². The van der Waals surface area contributed by atoms with Crippen molar-refractivity contribution in [2.75, 3.05) is 26.2 Å². The summed E-state index contributed by atoms with van der Waals surface area (Å²) in [5, 5.41) is 11.8. The molecule has 134 valence electrons. The van der Waals surface area contributed by atoms with E-state index in [2.05, 4.69) is 25.5 Å². The molecule has 2 aromatic heterocycles.